The second-order valence-corrected chi connectivity index (χ2v) is 5.42. The molecule has 0 bridgehead atoms. The number of furan rings is 1. The summed E-state index contributed by atoms with van der Waals surface area (Å²) in [7, 11) is 1.79. The van der Waals surface area contributed by atoms with Gasteiger partial charge in [-0.3, -0.25) is 9.89 Å². The SMILES string of the molecule is Cc1occc1CN(C)C(=O)c1cn[nH]c1C1CCOC1. The maximum absolute atomic E-state index is 12.6. The zero-order valence-corrected chi connectivity index (χ0v) is 12.3. The highest BCUT2D eigenvalue weighted by atomic mass is 16.5. The number of rotatable bonds is 4. The first-order chi connectivity index (χ1) is 10.2. The number of hydrogen-bond donors (Lipinski definition) is 1. The van der Waals surface area contributed by atoms with Crippen molar-refractivity contribution in [1.82, 2.24) is 15.1 Å². The van der Waals surface area contributed by atoms with E-state index >= 15 is 0 Å². The summed E-state index contributed by atoms with van der Waals surface area (Å²) in [6.45, 7) is 3.80. The second-order valence-electron chi connectivity index (χ2n) is 5.42. The lowest BCUT2D eigenvalue weighted by atomic mass is 10.0. The maximum atomic E-state index is 12.6. The first-order valence-corrected chi connectivity index (χ1v) is 7.06. The Morgan fingerprint density at radius 1 is 1.57 bits per heavy atom. The van der Waals surface area contributed by atoms with E-state index in [2.05, 4.69) is 10.2 Å². The van der Waals surface area contributed by atoms with Crippen molar-refractivity contribution in [1.29, 1.82) is 0 Å². The van der Waals surface area contributed by atoms with Crippen molar-refractivity contribution in [2.24, 2.45) is 0 Å². The Labute approximate surface area is 123 Å². The minimum Gasteiger partial charge on any atom is -0.469 e. The Morgan fingerprint density at radius 3 is 3.10 bits per heavy atom. The molecule has 3 rings (SSSR count). The molecule has 21 heavy (non-hydrogen) atoms. The van der Waals surface area contributed by atoms with Crippen molar-refractivity contribution < 1.29 is 13.9 Å². The number of ether oxygens (including phenoxy) is 1. The van der Waals surface area contributed by atoms with Crippen LogP contribution < -0.4 is 0 Å². The Kier molecular flexibility index (Phi) is 3.79. The first kappa shape index (κ1) is 13.9. The van der Waals surface area contributed by atoms with Crippen molar-refractivity contribution in [3.8, 4) is 0 Å². The fourth-order valence-corrected chi connectivity index (χ4v) is 2.65. The lowest BCUT2D eigenvalue weighted by molar-refractivity contribution is 0.0783. The molecule has 1 unspecified atom stereocenters. The lowest BCUT2D eigenvalue weighted by Crippen LogP contribution is -2.27. The molecule has 1 fully saturated rings. The molecule has 0 aliphatic carbocycles. The smallest absolute Gasteiger partial charge is 0.257 e. The summed E-state index contributed by atoms with van der Waals surface area (Å²) < 4.78 is 10.7. The second kappa shape index (κ2) is 5.73. The van der Waals surface area contributed by atoms with Gasteiger partial charge in [-0.2, -0.15) is 5.10 Å². The average molecular weight is 289 g/mol. The summed E-state index contributed by atoms with van der Waals surface area (Å²) in [6.07, 6.45) is 4.17. The van der Waals surface area contributed by atoms with E-state index in [4.69, 9.17) is 9.15 Å². The predicted octanol–water partition coefficient (Wildman–Crippen LogP) is 2.09. The predicted molar refractivity (Wildman–Crippen MR) is 76.0 cm³/mol. The van der Waals surface area contributed by atoms with Crippen molar-refractivity contribution in [2.75, 3.05) is 20.3 Å². The van der Waals surface area contributed by atoms with Gasteiger partial charge in [0.2, 0.25) is 0 Å². The minimum atomic E-state index is -0.0359. The molecule has 0 aromatic carbocycles. The van der Waals surface area contributed by atoms with E-state index in [1.165, 1.54) is 0 Å². The number of amides is 1. The van der Waals surface area contributed by atoms with Crippen LogP contribution in [0.15, 0.2) is 22.9 Å². The molecular weight excluding hydrogens is 270 g/mol. The third-order valence-corrected chi connectivity index (χ3v) is 3.96. The molecule has 0 saturated carbocycles. The van der Waals surface area contributed by atoms with Crippen LogP contribution in [0.2, 0.25) is 0 Å². The van der Waals surface area contributed by atoms with Crippen molar-refractivity contribution >= 4 is 5.91 Å². The van der Waals surface area contributed by atoms with Gasteiger partial charge in [-0.05, 0) is 19.4 Å². The molecule has 1 saturated heterocycles. The molecule has 3 heterocycles. The van der Waals surface area contributed by atoms with Gasteiger partial charge in [0.15, 0.2) is 0 Å². The normalized spacial score (nSPS) is 18.1. The van der Waals surface area contributed by atoms with Crippen LogP contribution in [0, 0.1) is 6.92 Å². The number of aromatic nitrogens is 2. The number of H-pyrrole nitrogens is 1. The zero-order valence-electron chi connectivity index (χ0n) is 12.3. The minimum absolute atomic E-state index is 0.0359. The lowest BCUT2D eigenvalue weighted by Gasteiger charge is -2.17. The molecule has 112 valence electrons. The third-order valence-electron chi connectivity index (χ3n) is 3.96. The van der Waals surface area contributed by atoms with Crippen LogP contribution in [0.1, 0.15) is 39.7 Å². The molecule has 2 aromatic heterocycles. The molecule has 6 nitrogen and oxygen atoms in total. The fourth-order valence-electron chi connectivity index (χ4n) is 2.65. The Balaban J connectivity index is 1.76. The Hall–Kier alpha value is -2.08. The first-order valence-electron chi connectivity index (χ1n) is 7.06. The van der Waals surface area contributed by atoms with E-state index in [9.17, 15) is 4.79 Å². The monoisotopic (exact) mass is 289 g/mol. The highest BCUT2D eigenvalue weighted by Crippen LogP contribution is 2.27. The van der Waals surface area contributed by atoms with Crippen LogP contribution in [0.25, 0.3) is 0 Å². The molecular formula is C15H19N3O3. The van der Waals surface area contributed by atoms with Crippen LogP contribution in [-0.4, -0.2) is 41.3 Å². The van der Waals surface area contributed by atoms with E-state index in [1.807, 2.05) is 13.0 Å². The van der Waals surface area contributed by atoms with Gasteiger partial charge in [-0.15, -0.1) is 0 Å². The van der Waals surface area contributed by atoms with Crippen LogP contribution in [0.4, 0.5) is 0 Å². The van der Waals surface area contributed by atoms with Crippen molar-refractivity contribution in [2.45, 2.75) is 25.8 Å². The molecule has 1 aliphatic heterocycles. The highest BCUT2D eigenvalue weighted by Gasteiger charge is 2.26. The van der Waals surface area contributed by atoms with Gasteiger partial charge >= 0.3 is 0 Å². The van der Waals surface area contributed by atoms with E-state index in [-0.39, 0.29) is 11.8 Å². The topological polar surface area (TPSA) is 71.4 Å². The van der Waals surface area contributed by atoms with Gasteiger partial charge in [0.25, 0.3) is 5.91 Å². The summed E-state index contributed by atoms with van der Waals surface area (Å²) in [6, 6.07) is 1.89. The van der Waals surface area contributed by atoms with E-state index in [0.29, 0.717) is 18.7 Å². The summed E-state index contributed by atoms with van der Waals surface area (Å²) in [5.41, 5.74) is 2.53. The van der Waals surface area contributed by atoms with Gasteiger partial charge in [-0.1, -0.05) is 0 Å². The molecule has 1 atom stereocenters. The standard InChI is InChI=1S/C15H19N3O3/c1-10-11(4-6-21-10)8-18(2)15(19)13-7-16-17-14(13)12-3-5-20-9-12/h4,6-7,12H,3,5,8-9H2,1-2H3,(H,16,17). The summed E-state index contributed by atoms with van der Waals surface area (Å²) in [4.78, 5) is 14.3. The van der Waals surface area contributed by atoms with Gasteiger partial charge < -0.3 is 14.1 Å². The fraction of sp³-hybridized carbons (Fsp3) is 0.467. The average Bonchev–Trinajstić information content (AvgIpc) is 3.18. The summed E-state index contributed by atoms with van der Waals surface area (Å²) in [5, 5.41) is 7.00. The molecule has 2 aromatic rings. The van der Waals surface area contributed by atoms with Crippen molar-refractivity contribution in [3.05, 3.63) is 41.1 Å². The molecule has 0 spiro atoms. The van der Waals surface area contributed by atoms with E-state index in [1.54, 1.807) is 24.4 Å². The van der Waals surface area contributed by atoms with Crippen LogP contribution in [0.3, 0.4) is 0 Å². The molecule has 1 aliphatic rings. The largest absolute Gasteiger partial charge is 0.469 e. The Morgan fingerprint density at radius 2 is 2.43 bits per heavy atom. The van der Waals surface area contributed by atoms with Gasteiger partial charge in [0, 0.05) is 31.7 Å². The number of nitrogens with one attached hydrogen (secondary N) is 1. The molecule has 0 radical (unpaired) electrons. The van der Waals surface area contributed by atoms with Crippen LogP contribution in [-0.2, 0) is 11.3 Å². The van der Waals surface area contributed by atoms with Gasteiger partial charge in [0.1, 0.15) is 5.76 Å². The van der Waals surface area contributed by atoms with E-state index < -0.39 is 0 Å². The number of nitrogens with zero attached hydrogens (tertiary/aromatic N) is 2. The molecule has 1 amide bonds. The summed E-state index contributed by atoms with van der Waals surface area (Å²) in [5.74, 6) is 1.04. The maximum Gasteiger partial charge on any atom is 0.257 e. The third kappa shape index (κ3) is 2.71. The van der Waals surface area contributed by atoms with Crippen LogP contribution in [0.5, 0.6) is 0 Å². The molecule has 6 heteroatoms. The van der Waals surface area contributed by atoms with Crippen LogP contribution >= 0.6 is 0 Å². The molecule has 1 N–H and O–H groups in total. The van der Waals surface area contributed by atoms with Crippen molar-refractivity contribution in [3.63, 3.8) is 0 Å². The number of hydrogen-bond acceptors (Lipinski definition) is 4. The van der Waals surface area contributed by atoms with E-state index in [0.717, 1.165) is 30.0 Å². The zero-order chi connectivity index (χ0) is 14.8. The number of carbonyl (C=O) groups excluding carboxylic acids is 1. The van der Waals surface area contributed by atoms with Gasteiger partial charge in [-0.25, -0.2) is 0 Å². The summed E-state index contributed by atoms with van der Waals surface area (Å²) >= 11 is 0. The Bertz CT molecular complexity index is 626. The van der Waals surface area contributed by atoms with Gasteiger partial charge in [0.05, 0.1) is 30.3 Å². The number of aromatic amines is 1. The number of carbonyl (C=O) groups is 1. The number of aryl methyl sites for hydroxylation is 1. The quantitative estimate of drug-likeness (QED) is 0.935. The highest BCUT2D eigenvalue weighted by molar-refractivity contribution is 5.95.